The van der Waals surface area contributed by atoms with Gasteiger partial charge >= 0.3 is 0 Å². The summed E-state index contributed by atoms with van der Waals surface area (Å²) < 4.78 is 17.5. The summed E-state index contributed by atoms with van der Waals surface area (Å²) in [5.74, 6) is 0.537. The number of nitriles is 2. The highest BCUT2D eigenvalue weighted by atomic mass is 19.1. The molecule has 3 heterocycles. The number of anilines is 2. The standard InChI is InChI=1S/C30H29FN8O/c1-18-16-37(28(40)30(17-33)7-8-30)11-12-38(18)26-13-23-25(14-24(26)31)39-10-9-34-29(39)36-27(23)35-20(3)22-6-4-5-21(15-32)19(22)2/h4-6,9-10,13-14,18,20H,7-8,11-12,16H2,1-3H3,(H,34,35,36)/t18-,20+/m0/s1. The van der Waals surface area contributed by atoms with E-state index in [1.807, 2.05) is 43.9 Å². The van der Waals surface area contributed by atoms with E-state index in [4.69, 9.17) is 4.98 Å². The van der Waals surface area contributed by atoms with Crippen molar-refractivity contribution < 1.29 is 9.18 Å². The highest BCUT2D eigenvalue weighted by molar-refractivity contribution is 5.94. The van der Waals surface area contributed by atoms with Gasteiger partial charge in [-0.1, -0.05) is 12.1 Å². The molecule has 0 spiro atoms. The molecule has 10 heteroatoms. The molecule has 4 aromatic rings. The second-order valence-corrected chi connectivity index (χ2v) is 10.9. The molecule has 1 aliphatic carbocycles. The number of carbonyl (C=O) groups is 1. The molecule has 9 nitrogen and oxygen atoms in total. The van der Waals surface area contributed by atoms with E-state index in [1.54, 1.807) is 27.8 Å². The fourth-order valence-corrected chi connectivity index (χ4v) is 5.82. The Balaban J connectivity index is 1.36. The molecule has 2 aromatic heterocycles. The van der Waals surface area contributed by atoms with E-state index in [9.17, 15) is 15.3 Å². The van der Waals surface area contributed by atoms with Gasteiger partial charge in [0.2, 0.25) is 11.7 Å². The number of amides is 1. The first-order valence-electron chi connectivity index (χ1n) is 13.5. The van der Waals surface area contributed by atoms with Crippen molar-refractivity contribution in [3.05, 3.63) is 65.2 Å². The lowest BCUT2D eigenvalue weighted by Crippen LogP contribution is -2.55. The number of piperazine rings is 1. The molecular formula is C30H29FN8O. The minimum atomic E-state index is -0.861. The minimum Gasteiger partial charge on any atom is -0.363 e. The Morgan fingerprint density at radius 3 is 2.75 bits per heavy atom. The van der Waals surface area contributed by atoms with Crippen LogP contribution in [0.1, 0.15) is 49.4 Å². The van der Waals surface area contributed by atoms with Gasteiger partial charge in [0.15, 0.2) is 0 Å². The van der Waals surface area contributed by atoms with Crippen LogP contribution in [0.3, 0.4) is 0 Å². The maximum Gasteiger partial charge on any atom is 0.243 e. The third-order valence-electron chi connectivity index (χ3n) is 8.33. The van der Waals surface area contributed by atoms with Gasteiger partial charge in [-0.3, -0.25) is 9.20 Å². The fourth-order valence-electron chi connectivity index (χ4n) is 5.82. The van der Waals surface area contributed by atoms with Crippen LogP contribution in [0, 0.1) is 40.8 Å². The highest BCUT2D eigenvalue weighted by Gasteiger charge is 2.53. The number of hydrogen-bond donors (Lipinski definition) is 1. The molecule has 2 atom stereocenters. The van der Waals surface area contributed by atoms with Crippen molar-refractivity contribution in [1.29, 1.82) is 10.5 Å². The molecule has 1 N–H and O–H groups in total. The molecule has 2 fully saturated rings. The summed E-state index contributed by atoms with van der Waals surface area (Å²) in [5.41, 5.74) is 2.69. The lowest BCUT2D eigenvalue weighted by molar-refractivity contribution is -0.135. The van der Waals surface area contributed by atoms with Gasteiger partial charge in [0.05, 0.1) is 34.9 Å². The Morgan fingerprint density at radius 2 is 2.05 bits per heavy atom. The van der Waals surface area contributed by atoms with Crippen LogP contribution in [-0.4, -0.2) is 50.9 Å². The first-order chi connectivity index (χ1) is 19.3. The zero-order valence-corrected chi connectivity index (χ0v) is 22.6. The van der Waals surface area contributed by atoms with Crippen LogP contribution < -0.4 is 10.2 Å². The predicted molar refractivity (Wildman–Crippen MR) is 149 cm³/mol. The lowest BCUT2D eigenvalue weighted by Gasteiger charge is -2.42. The predicted octanol–water partition coefficient (Wildman–Crippen LogP) is 4.72. The van der Waals surface area contributed by atoms with Crippen LogP contribution in [0.2, 0.25) is 0 Å². The zero-order chi connectivity index (χ0) is 28.2. The number of carbonyl (C=O) groups excluding carboxylic acids is 1. The second-order valence-electron chi connectivity index (χ2n) is 10.9. The molecule has 0 radical (unpaired) electrons. The molecule has 2 aliphatic rings. The largest absolute Gasteiger partial charge is 0.363 e. The Morgan fingerprint density at radius 1 is 1.25 bits per heavy atom. The highest BCUT2D eigenvalue weighted by Crippen LogP contribution is 2.47. The smallest absolute Gasteiger partial charge is 0.243 e. The van der Waals surface area contributed by atoms with Gasteiger partial charge in [-0.15, -0.1) is 0 Å². The number of hydrogen-bond acceptors (Lipinski definition) is 7. The Hall–Kier alpha value is -4.70. The Kier molecular flexibility index (Phi) is 6.07. The van der Waals surface area contributed by atoms with Gasteiger partial charge < -0.3 is 15.1 Å². The van der Waals surface area contributed by atoms with Crippen molar-refractivity contribution in [1.82, 2.24) is 19.3 Å². The quantitative estimate of drug-likeness (QED) is 0.393. The summed E-state index contributed by atoms with van der Waals surface area (Å²) in [5, 5.41) is 23.2. The molecule has 2 aromatic carbocycles. The molecule has 0 bridgehead atoms. The molecule has 1 saturated heterocycles. The monoisotopic (exact) mass is 536 g/mol. The fraction of sp³-hybridized carbons (Fsp3) is 0.367. The van der Waals surface area contributed by atoms with E-state index in [0.717, 1.165) is 16.5 Å². The van der Waals surface area contributed by atoms with E-state index in [-0.39, 0.29) is 23.8 Å². The van der Waals surface area contributed by atoms with E-state index in [0.29, 0.717) is 60.8 Å². The second kappa shape index (κ2) is 9.49. The van der Waals surface area contributed by atoms with Gasteiger partial charge in [-0.25, -0.2) is 9.37 Å². The van der Waals surface area contributed by atoms with E-state index < -0.39 is 5.41 Å². The summed E-state index contributed by atoms with van der Waals surface area (Å²) in [6.07, 6.45) is 4.61. The Bertz CT molecular complexity index is 1740. The number of halogens is 1. The Labute approximate surface area is 231 Å². The van der Waals surface area contributed by atoms with E-state index in [1.165, 1.54) is 6.07 Å². The van der Waals surface area contributed by atoms with Crippen LogP contribution in [0.25, 0.3) is 16.7 Å². The van der Waals surface area contributed by atoms with Crippen molar-refractivity contribution in [2.75, 3.05) is 29.9 Å². The topological polar surface area (TPSA) is 113 Å². The normalized spacial score (nSPS) is 18.8. The molecule has 202 valence electrons. The van der Waals surface area contributed by atoms with Crippen LogP contribution >= 0.6 is 0 Å². The molecule has 1 saturated carbocycles. The van der Waals surface area contributed by atoms with Gasteiger partial charge in [0, 0.05) is 49.5 Å². The van der Waals surface area contributed by atoms with Gasteiger partial charge in [0.1, 0.15) is 17.1 Å². The van der Waals surface area contributed by atoms with E-state index >= 15 is 4.39 Å². The zero-order valence-electron chi connectivity index (χ0n) is 22.6. The number of nitrogens with one attached hydrogen (secondary N) is 1. The molecule has 40 heavy (non-hydrogen) atoms. The van der Waals surface area contributed by atoms with Crippen molar-refractivity contribution in [3.63, 3.8) is 0 Å². The lowest BCUT2D eigenvalue weighted by atomic mass is 9.98. The summed E-state index contributed by atoms with van der Waals surface area (Å²) in [4.78, 5) is 25.8. The third kappa shape index (κ3) is 4.08. The number of benzene rings is 2. The molecule has 1 aliphatic heterocycles. The van der Waals surface area contributed by atoms with Crippen molar-refractivity contribution in [2.45, 2.75) is 45.7 Å². The van der Waals surface area contributed by atoms with Crippen LogP contribution in [0.5, 0.6) is 0 Å². The van der Waals surface area contributed by atoms with E-state index in [2.05, 4.69) is 22.4 Å². The summed E-state index contributed by atoms with van der Waals surface area (Å²) in [6.45, 7) is 7.21. The number of fused-ring (bicyclic) bond motifs is 3. The maximum absolute atomic E-state index is 15.7. The third-order valence-corrected chi connectivity index (χ3v) is 8.33. The number of imidazole rings is 1. The van der Waals surface area contributed by atoms with Crippen LogP contribution in [0.15, 0.2) is 42.7 Å². The molecular weight excluding hydrogens is 507 g/mol. The SMILES string of the molecule is Cc1c(C#N)cccc1[C@@H](C)Nc1nc2nccn2c2cc(F)c(N3CCN(C(=O)C4(C#N)CC4)C[C@@H]3C)cc12. The minimum absolute atomic E-state index is 0.108. The number of nitrogens with zero attached hydrogens (tertiary/aromatic N) is 7. The van der Waals surface area contributed by atoms with Crippen molar-refractivity contribution in [3.8, 4) is 12.1 Å². The molecule has 1 amide bonds. The van der Waals surface area contributed by atoms with Crippen LogP contribution in [-0.2, 0) is 4.79 Å². The maximum atomic E-state index is 15.7. The van der Waals surface area contributed by atoms with Gasteiger partial charge in [-0.05, 0) is 56.9 Å². The number of rotatable bonds is 5. The first kappa shape index (κ1) is 25.6. The van der Waals surface area contributed by atoms with Gasteiger partial charge in [-0.2, -0.15) is 15.5 Å². The first-order valence-corrected chi connectivity index (χ1v) is 13.5. The van der Waals surface area contributed by atoms with Crippen molar-refractivity contribution >= 4 is 34.1 Å². The average molecular weight is 537 g/mol. The van der Waals surface area contributed by atoms with Crippen LogP contribution in [0.4, 0.5) is 15.9 Å². The summed E-state index contributed by atoms with van der Waals surface area (Å²) >= 11 is 0. The average Bonchev–Trinajstić information content (AvgIpc) is 3.61. The molecule has 6 rings (SSSR count). The molecule has 0 unspecified atom stereocenters. The van der Waals surface area contributed by atoms with Gasteiger partial charge in [0.25, 0.3) is 0 Å². The number of aromatic nitrogens is 3. The summed E-state index contributed by atoms with van der Waals surface area (Å²) in [7, 11) is 0. The van der Waals surface area contributed by atoms with Crippen molar-refractivity contribution in [2.24, 2.45) is 5.41 Å². The summed E-state index contributed by atoms with van der Waals surface area (Å²) in [6, 6.07) is 13.1.